The summed E-state index contributed by atoms with van der Waals surface area (Å²) in [5.41, 5.74) is 6.98. The molecule has 1 fully saturated rings. The topological polar surface area (TPSA) is 64.3 Å². The zero-order valence-electron chi connectivity index (χ0n) is 15.3. The number of fused-ring (bicyclic) bond motifs is 1. The highest BCUT2D eigenvalue weighted by Crippen LogP contribution is 2.24. The maximum absolute atomic E-state index is 12.7. The van der Waals surface area contributed by atoms with Gasteiger partial charge in [0.1, 0.15) is 6.10 Å². The molecule has 4 nitrogen and oxygen atoms in total. The smallest absolute Gasteiger partial charge is 0.249 e. The zero-order chi connectivity index (χ0) is 17.6. The maximum atomic E-state index is 12.7. The van der Waals surface area contributed by atoms with Crippen molar-refractivity contribution in [1.82, 2.24) is 5.32 Å². The summed E-state index contributed by atoms with van der Waals surface area (Å²) in [4.78, 5) is 12.7. The molecule has 0 radical (unpaired) electrons. The van der Waals surface area contributed by atoms with Gasteiger partial charge in [-0.1, -0.05) is 56.2 Å². The summed E-state index contributed by atoms with van der Waals surface area (Å²) in [6, 6.07) is 14.2. The normalized spacial score (nSPS) is 16.8. The molecule has 26 heavy (non-hydrogen) atoms. The van der Waals surface area contributed by atoms with Crippen LogP contribution in [0.15, 0.2) is 42.5 Å². The fourth-order valence-electron chi connectivity index (χ4n) is 3.57. The number of ether oxygens (including phenoxy) is 1. The summed E-state index contributed by atoms with van der Waals surface area (Å²) in [5, 5.41) is 5.42. The van der Waals surface area contributed by atoms with Crippen molar-refractivity contribution < 1.29 is 9.53 Å². The number of carbonyl (C=O) groups excluding carboxylic acids is 1. The number of rotatable bonds is 7. The number of nitrogens with two attached hydrogens (primary N) is 1. The Morgan fingerprint density at radius 3 is 2.54 bits per heavy atom. The van der Waals surface area contributed by atoms with Gasteiger partial charge >= 0.3 is 0 Å². The van der Waals surface area contributed by atoms with E-state index in [9.17, 15) is 4.79 Å². The van der Waals surface area contributed by atoms with Gasteiger partial charge in [-0.05, 0) is 41.7 Å². The van der Waals surface area contributed by atoms with Crippen molar-refractivity contribution in [2.45, 2.75) is 57.3 Å². The third-order valence-electron chi connectivity index (χ3n) is 5.05. The Bertz CT molecular complexity index is 716. The molecule has 2 atom stereocenters. The van der Waals surface area contributed by atoms with Crippen molar-refractivity contribution in [3.8, 4) is 0 Å². The highest BCUT2D eigenvalue weighted by Gasteiger charge is 2.26. The van der Waals surface area contributed by atoms with Crippen LogP contribution in [0.5, 0.6) is 0 Å². The standard InChI is InChI=1S/C21H28N2O2.ClH/c1-2-20(25-18-9-5-6-10-18)21(24)23-19(14-22)17-12-11-15-7-3-4-8-16(15)13-17;/h3-4,7-8,11-13,18-20H,2,5-6,9-10,14,22H2,1H3,(H,23,24);1H. The summed E-state index contributed by atoms with van der Waals surface area (Å²) in [6.07, 6.45) is 5.04. The molecule has 0 aromatic heterocycles. The first-order chi connectivity index (χ1) is 12.2. The van der Waals surface area contributed by atoms with Gasteiger partial charge in [0, 0.05) is 6.54 Å². The first-order valence-corrected chi connectivity index (χ1v) is 9.36. The third-order valence-corrected chi connectivity index (χ3v) is 5.05. The van der Waals surface area contributed by atoms with Crippen molar-refractivity contribution >= 4 is 29.1 Å². The SMILES string of the molecule is CCC(OC1CCCC1)C(=O)NC(CN)c1ccc2ccccc2c1.Cl. The highest BCUT2D eigenvalue weighted by molar-refractivity contribution is 5.85. The number of nitrogens with one attached hydrogen (secondary N) is 1. The molecule has 1 amide bonds. The van der Waals surface area contributed by atoms with Crippen LogP contribution in [0.25, 0.3) is 10.8 Å². The maximum Gasteiger partial charge on any atom is 0.249 e. The van der Waals surface area contributed by atoms with Gasteiger partial charge in [0.05, 0.1) is 12.1 Å². The summed E-state index contributed by atoms with van der Waals surface area (Å²) in [5.74, 6) is -0.0574. The lowest BCUT2D eigenvalue weighted by Gasteiger charge is -2.24. The number of hydrogen-bond acceptors (Lipinski definition) is 3. The van der Waals surface area contributed by atoms with Crippen molar-refractivity contribution in [1.29, 1.82) is 0 Å². The fraction of sp³-hybridized carbons (Fsp3) is 0.476. The van der Waals surface area contributed by atoms with Gasteiger partial charge in [-0.15, -0.1) is 12.4 Å². The second kappa shape index (κ2) is 9.91. The second-order valence-corrected chi connectivity index (χ2v) is 6.84. The molecule has 3 rings (SSSR count). The summed E-state index contributed by atoms with van der Waals surface area (Å²) >= 11 is 0. The van der Waals surface area contributed by atoms with Gasteiger partial charge in [-0.2, -0.15) is 0 Å². The second-order valence-electron chi connectivity index (χ2n) is 6.84. The Balaban J connectivity index is 0.00000243. The predicted molar refractivity (Wildman–Crippen MR) is 109 cm³/mol. The van der Waals surface area contributed by atoms with Gasteiger partial charge in [-0.3, -0.25) is 4.79 Å². The molecule has 0 heterocycles. The van der Waals surface area contributed by atoms with E-state index < -0.39 is 6.10 Å². The van der Waals surface area contributed by atoms with E-state index in [1.165, 1.54) is 18.2 Å². The molecular weight excluding hydrogens is 348 g/mol. The zero-order valence-corrected chi connectivity index (χ0v) is 16.1. The van der Waals surface area contributed by atoms with Gasteiger partial charge in [-0.25, -0.2) is 0 Å². The molecule has 0 saturated heterocycles. The molecule has 2 aromatic carbocycles. The van der Waals surface area contributed by atoms with Gasteiger partial charge in [0.15, 0.2) is 0 Å². The number of amides is 1. The van der Waals surface area contributed by atoms with E-state index in [4.69, 9.17) is 10.5 Å². The Morgan fingerprint density at radius 2 is 1.88 bits per heavy atom. The minimum atomic E-state index is -0.391. The van der Waals surface area contributed by atoms with Crippen molar-refractivity contribution in [3.63, 3.8) is 0 Å². The van der Waals surface area contributed by atoms with Crippen molar-refractivity contribution in [3.05, 3.63) is 48.0 Å². The molecule has 1 aliphatic carbocycles. The van der Waals surface area contributed by atoms with Gasteiger partial charge in [0.2, 0.25) is 5.91 Å². The van der Waals surface area contributed by atoms with Crippen LogP contribution in [0.1, 0.15) is 50.6 Å². The molecule has 0 aliphatic heterocycles. The van der Waals surface area contributed by atoms with Crippen molar-refractivity contribution in [2.75, 3.05) is 6.54 Å². The Kier molecular flexibility index (Phi) is 7.88. The fourth-order valence-corrected chi connectivity index (χ4v) is 3.57. The average molecular weight is 377 g/mol. The minimum absolute atomic E-state index is 0. The summed E-state index contributed by atoms with van der Waals surface area (Å²) < 4.78 is 6.02. The molecule has 1 saturated carbocycles. The van der Waals surface area contributed by atoms with E-state index >= 15 is 0 Å². The lowest BCUT2D eigenvalue weighted by Crippen LogP contribution is -2.42. The first kappa shape index (κ1) is 20.7. The highest BCUT2D eigenvalue weighted by atomic mass is 35.5. The van der Waals surface area contributed by atoms with Crippen molar-refractivity contribution in [2.24, 2.45) is 5.73 Å². The number of halogens is 1. The molecule has 3 N–H and O–H groups in total. The average Bonchev–Trinajstić information content (AvgIpc) is 3.16. The number of hydrogen-bond donors (Lipinski definition) is 2. The largest absolute Gasteiger partial charge is 0.365 e. The van der Waals surface area contributed by atoms with Crippen LogP contribution in [-0.4, -0.2) is 24.7 Å². The van der Waals surface area contributed by atoms with Crippen LogP contribution < -0.4 is 11.1 Å². The summed E-state index contributed by atoms with van der Waals surface area (Å²) in [7, 11) is 0. The monoisotopic (exact) mass is 376 g/mol. The molecule has 0 spiro atoms. The van der Waals surface area contributed by atoms with Gasteiger partial charge < -0.3 is 15.8 Å². The van der Waals surface area contributed by atoms with Crippen LogP contribution in [0.3, 0.4) is 0 Å². The van der Waals surface area contributed by atoms with E-state index in [-0.39, 0.29) is 30.5 Å². The van der Waals surface area contributed by atoms with Crippen LogP contribution in [0.4, 0.5) is 0 Å². The molecule has 2 unspecified atom stereocenters. The summed E-state index contributed by atoms with van der Waals surface area (Å²) in [6.45, 7) is 2.36. The van der Waals surface area contributed by atoms with Crippen LogP contribution in [0, 0.1) is 0 Å². The van der Waals surface area contributed by atoms with Crippen LogP contribution in [-0.2, 0) is 9.53 Å². The predicted octanol–water partition coefficient (Wildman–Crippen LogP) is 4.12. The Hall–Kier alpha value is -1.62. The van der Waals surface area contributed by atoms with Crippen LogP contribution >= 0.6 is 12.4 Å². The molecule has 142 valence electrons. The molecule has 1 aliphatic rings. The number of carbonyl (C=O) groups is 1. The Labute approximate surface area is 161 Å². The van der Waals surface area contributed by atoms with E-state index in [1.807, 2.05) is 25.1 Å². The molecule has 0 bridgehead atoms. The van der Waals surface area contributed by atoms with E-state index in [0.29, 0.717) is 13.0 Å². The van der Waals surface area contributed by atoms with Crippen LogP contribution in [0.2, 0.25) is 0 Å². The lowest BCUT2D eigenvalue weighted by atomic mass is 10.0. The third kappa shape index (κ3) is 4.97. The lowest BCUT2D eigenvalue weighted by molar-refractivity contribution is -0.137. The Morgan fingerprint density at radius 1 is 1.19 bits per heavy atom. The first-order valence-electron chi connectivity index (χ1n) is 9.36. The molecule has 5 heteroatoms. The molecule has 2 aromatic rings. The quantitative estimate of drug-likeness (QED) is 0.764. The van der Waals surface area contributed by atoms with E-state index in [1.54, 1.807) is 0 Å². The van der Waals surface area contributed by atoms with E-state index in [0.717, 1.165) is 23.8 Å². The molecular formula is C21H29ClN2O2. The minimum Gasteiger partial charge on any atom is -0.365 e. The van der Waals surface area contributed by atoms with Gasteiger partial charge in [0.25, 0.3) is 0 Å². The van der Waals surface area contributed by atoms with E-state index in [2.05, 4.69) is 29.6 Å². The number of benzene rings is 2.